The van der Waals surface area contributed by atoms with Crippen molar-refractivity contribution in [3.8, 4) is 11.1 Å². The van der Waals surface area contributed by atoms with Crippen molar-refractivity contribution in [3.05, 3.63) is 50.3 Å². The van der Waals surface area contributed by atoms with Gasteiger partial charge in [0, 0.05) is 0 Å². The van der Waals surface area contributed by atoms with Crippen molar-refractivity contribution in [3.63, 3.8) is 0 Å². The van der Waals surface area contributed by atoms with Crippen LogP contribution in [0, 0.1) is 6.92 Å². The first-order valence-corrected chi connectivity index (χ1v) is 4.27. The minimum Gasteiger partial charge on any atom is -0.395 e. The Kier molecular flexibility index (Phi) is 1.74. The number of nitrogens with two attached hydrogens (primary N) is 1. The van der Waals surface area contributed by atoms with Crippen molar-refractivity contribution in [2.75, 3.05) is 5.73 Å². The molecule has 70 valence electrons. The molecule has 0 unspecified atom stereocenters. The molecular formula is C11H9NO2. The smallest absolute Gasteiger partial charge is 0.249 e. The molecule has 0 aromatic heterocycles. The first kappa shape index (κ1) is 8.69. The molecular weight excluding hydrogens is 178 g/mol. The monoisotopic (exact) mass is 187 g/mol. The van der Waals surface area contributed by atoms with Gasteiger partial charge in [-0.3, -0.25) is 9.59 Å². The molecule has 0 atom stereocenters. The van der Waals surface area contributed by atoms with Gasteiger partial charge in [-0.2, -0.15) is 0 Å². The Hall–Kier alpha value is -1.90. The van der Waals surface area contributed by atoms with E-state index in [0.717, 1.165) is 11.1 Å². The second-order valence-electron chi connectivity index (χ2n) is 3.32. The molecule has 0 aliphatic carbocycles. The summed E-state index contributed by atoms with van der Waals surface area (Å²) in [6.07, 6.45) is 0. The van der Waals surface area contributed by atoms with Gasteiger partial charge in [-0.1, -0.05) is 29.8 Å². The van der Waals surface area contributed by atoms with Crippen LogP contribution >= 0.6 is 0 Å². The quantitative estimate of drug-likeness (QED) is 0.673. The van der Waals surface area contributed by atoms with Crippen molar-refractivity contribution in [1.29, 1.82) is 0 Å². The highest BCUT2D eigenvalue weighted by molar-refractivity contribution is 5.80. The van der Waals surface area contributed by atoms with Crippen molar-refractivity contribution in [2.45, 2.75) is 6.92 Å². The number of anilines is 1. The van der Waals surface area contributed by atoms with E-state index in [1.807, 2.05) is 25.1 Å². The molecule has 3 heteroatoms. The first-order chi connectivity index (χ1) is 6.61. The summed E-state index contributed by atoms with van der Waals surface area (Å²) in [5.41, 5.74) is 6.61. The number of rotatable bonds is 1. The summed E-state index contributed by atoms with van der Waals surface area (Å²) in [5.74, 6) is 0. The topological polar surface area (TPSA) is 60.2 Å². The Labute approximate surface area is 80.5 Å². The molecule has 14 heavy (non-hydrogen) atoms. The van der Waals surface area contributed by atoms with E-state index in [2.05, 4.69) is 0 Å². The SMILES string of the molecule is Cc1cccc(-c2c(N)c(=O)c2=O)c1. The zero-order chi connectivity index (χ0) is 10.3. The van der Waals surface area contributed by atoms with Gasteiger partial charge in [-0.15, -0.1) is 0 Å². The maximum absolute atomic E-state index is 11.2. The van der Waals surface area contributed by atoms with Gasteiger partial charge in [0.25, 0.3) is 0 Å². The predicted molar refractivity (Wildman–Crippen MR) is 55.9 cm³/mol. The zero-order valence-corrected chi connectivity index (χ0v) is 7.70. The van der Waals surface area contributed by atoms with Gasteiger partial charge in [0.1, 0.15) is 0 Å². The molecule has 0 saturated carbocycles. The molecule has 0 bridgehead atoms. The summed E-state index contributed by atoms with van der Waals surface area (Å²) in [5, 5.41) is 0. The van der Waals surface area contributed by atoms with Gasteiger partial charge in [-0.05, 0) is 12.5 Å². The molecule has 0 spiro atoms. The highest BCUT2D eigenvalue weighted by Crippen LogP contribution is 2.21. The van der Waals surface area contributed by atoms with Crippen LogP contribution in [0.25, 0.3) is 11.1 Å². The van der Waals surface area contributed by atoms with Crippen molar-refractivity contribution >= 4 is 5.69 Å². The zero-order valence-electron chi connectivity index (χ0n) is 7.70. The summed E-state index contributed by atoms with van der Waals surface area (Å²) in [7, 11) is 0. The van der Waals surface area contributed by atoms with Gasteiger partial charge in [0.2, 0.25) is 10.9 Å². The lowest BCUT2D eigenvalue weighted by Crippen LogP contribution is -2.35. The highest BCUT2D eigenvalue weighted by atomic mass is 16.2. The standard InChI is InChI=1S/C11H9NO2/c1-6-3-2-4-7(5-6)8-9(12)11(14)10(8)13/h2-5H,12H2,1H3. The van der Waals surface area contributed by atoms with Crippen LogP contribution in [0.4, 0.5) is 5.69 Å². The lowest BCUT2D eigenvalue weighted by atomic mass is 9.98. The van der Waals surface area contributed by atoms with E-state index in [9.17, 15) is 9.59 Å². The second-order valence-corrected chi connectivity index (χ2v) is 3.32. The van der Waals surface area contributed by atoms with Crippen LogP contribution in [0.15, 0.2) is 33.9 Å². The maximum atomic E-state index is 11.2. The number of hydrogen-bond donors (Lipinski definition) is 1. The maximum Gasteiger partial charge on any atom is 0.249 e. The molecule has 0 amide bonds. The Morgan fingerprint density at radius 3 is 2.43 bits per heavy atom. The van der Waals surface area contributed by atoms with Crippen LogP contribution < -0.4 is 16.6 Å². The largest absolute Gasteiger partial charge is 0.395 e. The second kappa shape index (κ2) is 2.80. The fraction of sp³-hybridized carbons (Fsp3) is 0.0909. The van der Waals surface area contributed by atoms with E-state index in [1.165, 1.54) is 0 Å². The fourth-order valence-electron chi connectivity index (χ4n) is 1.50. The molecule has 0 aliphatic rings. The minimum atomic E-state index is -0.568. The average molecular weight is 187 g/mol. The Morgan fingerprint density at radius 1 is 1.14 bits per heavy atom. The summed E-state index contributed by atoms with van der Waals surface area (Å²) >= 11 is 0. The van der Waals surface area contributed by atoms with Gasteiger partial charge >= 0.3 is 0 Å². The molecule has 0 aliphatic heterocycles. The van der Waals surface area contributed by atoms with E-state index in [4.69, 9.17) is 5.73 Å². The third-order valence-corrected chi connectivity index (χ3v) is 2.25. The number of nitrogen functional groups attached to an aromatic ring is 1. The van der Waals surface area contributed by atoms with Crippen LogP contribution in [0.2, 0.25) is 0 Å². The average Bonchev–Trinajstić information content (AvgIpc) is 2.18. The molecule has 2 rings (SSSR count). The van der Waals surface area contributed by atoms with Gasteiger partial charge in [0.15, 0.2) is 0 Å². The summed E-state index contributed by atoms with van der Waals surface area (Å²) in [6, 6.07) is 7.37. The Balaban J connectivity index is 2.63. The molecule has 2 aromatic rings. The molecule has 3 nitrogen and oxygen atoms in total. The predicted octanol–water partition coefficient (Wildman–Crippen LogP) is 0.840. The molecule has 0 fully saturated rings. The number of hydrogen-bond acceptors (Lipinski definition) is 3. The third kappa shape index (κ3) is 1.06. The van der Waals surface area contributed by atoms with Gasteiger partial charge in [0.05, 0.1) is 11.3 Å². The van der Waals surface area contributed by atoms with Crippen molar-refractivity contribution in [2.24, 2.45) is 0 Å². The fourth-order valence-corrected chi connectivity index (χ4v) is 1.50. The number of benzene rings is 1. The molecule has 0 radical (unpaired) electrons. The van der Waals surface area contributed by atoms with E-state index in [1.54, 1.807) is 6.07 Å². The normalized spacial score (nSPS) is 10.6. The van der Waals surface area contributed by atoms with E-state index in [0.29, 0.717) is 5.56 Å². The Bertz CT molecular complexity index is 563. The summed E-state index contributed by atoms with van der Waals surface area (Å²) in [6.45, 7) is 1.92. The van der Waals surface area contributed by atoms with Gasteiger partial charge < -0.3 is 5.73 Å². The van der Waals surface area contributed by atoms with Crippen LogP contribution in [-0.4, -0.2) is 0 Å². The summed E-state index contributed by atoms with van der Waals surface area (Å²) < 4.78 is 0. The van der Waals surface area contributed by atoms with E-state index >= 15 is 0 Å². The Morgan fingerprint density at radius 2 is 1.86 bits per heavy atom. The molecule has 0 heterocycles. The molecule has 0 saturated heterocycles. The lowest BCUT2D eigenvalue weighted by Gasteiger charge is -2.06. The minimum absolute atomic E-state index is 0.0839. The number of aryl methyl sites for hydroxylation is 1. The third-order valence-electron chi connectivity index (χ3n) is 2.25. The van der Waals surface area contributed by atoms with Crippen LogP contribution in [-0.2, 0) is 0 Å². The molecule has 2 N–H and O–H groups in total. The van der Waals surface area contributed by atoms with E-state index < -0.39 is 10.9 Å². The van der Waals surface area contributed by atoms with Crippen molar-refractivity contribution < 1.29 is 0 Å². The lowest BCUT2D eigenvalue weighted by molar-refractivity contribution is 1.39. The van der Waals surface area contributed by atoms with Crippen molar-refractivity contribution in [1.82, 2.24) is 0 Å². The van der Waals surface area contributed by atoms with Crippen LogP contribution in [0.5, 0.6) is 0 Å². The van der Waals surface area contributed by atoms with Crippen LogP contribution in [0.3, 0.4) is 0 Å². The van der Waals surface area contributed by atoms with E-state index in [-0.39, 0.29) is 5.69 Å². The van der Waals surface area contributed by atoms with Gasteiger partial charge in [-0.25, -0.2) is 0 Å². The summed E-state index contributed by atoms with van der Waals surface area (Å²) in [4.78, 5) is 22.1. The van der Waals surface area contributed by atoms with Crippen LogP contribution in [0.1, 0.15) is 5.56 Å². The molecule has 2 aromatic carbocycles. The first-order valence-electron chi connectivity index (χ1n) is 4.27. The highest BCUT2D eigenvalue weighted by Gasteiger charge is 2.18.